The number of piperidine rings is 1. The lowest BCUT2D eigenvalue weighted by atomic mass is 9.89. The van der Waals surface area contributed by atoms with Gasteiger partial charge in [-0.15, -0.1) is 10.2 Å². The van der Waals surface area contributed by atoms with E-state index in [9.17, 15) is 4.79 Å². The van der Waals surface area contributed by atoms with Gasteiger partial charge in [-0.2, -0.15) is 4.98 Å². The number of halogens is 1. The molecule has 0 bridgehead atoms. The number of anilines is 2. The molecule has 0 atom stereocenters. The number of carbonyl (C=O) groups is 1. The van der Waals surface area contributed by atoms with Gasteiger partial charge in [0.05, 0.1) is 6.61 Å². The standard InChI is InChI=1S/C20H24ClN5O2/c1-2-28-19(27)17-18(23-20(21)25-24-17)22-15-5-3-13(4-6-15)14-9-11-26(12-10-14)16-7-8-16/h3-6,14,16H,2,7-12H2,1H3,(H,22,23,25). The Bertz CT molecular complexity index is 833. The summed E-state index contributed by atoms with van der Waals surface area (Å²) >= 11 is 5.85. The monoisotopic (exact) mass is 401 g/mol. The number of nitrogens with one attached hydrogen (secondary N) is 1. The van der Waals surface area contributed by atoms with Gasteiger partial charge in [0.2, 0.25) is 11.0 Å². The first kappa shape index (κ1) is 19.1. The van der Waals surface area contributed by atoms with E-state index in [1.54, 1.807) is 6.92 Å². The highest BCUT2D eigenvalue weighted by Gasteiger charge is 2.32. The Kier molecular flexibility index (Phi) is 5.73. The summed E-state index contributed by atoms with van der Waals surface area (Å²) in [6, 6.07) is 9.12. The van der Waals surface area contributed by atoms with E-state index < -0.39 is 5.97 Å². The second-order valence-electron chi connectivity index (χ2n) is 7.29. The smallest absolute Gasteiger partial charge is 0.362 e. The summed E-state index contributed by atoms with van der Waals surface area (Å²) in [6.45, 7) is 4.37. The molecule has 1 saturated heterocycles. The van der Waals surface area contributed by atoms with Crippen molar-refractivity contribution in [2.75, 3.05) is 25.0 Å². The van der Waals surface area contributed by atoms with E-state index in [2.05, 4.69) is 37.5 Å². The topological polar surface area (TPSA) is 80.2 Å². The lowest BCUT2D eigenvalue weighted by molar-refractivity contribution is 0.0519. The Hall–Kier alpha value is -2.25. The van der Waals surface area contributed by atoms with Crippen LogP contribution >= 0.6 is 11.6 Å². The number of carbonyl (C=O) groups excluding carboxylic acids is 1. The largest absolute Gasteiger partial charge is 0.461 e. The van der Waals surface area contributed by atoms with Gasteiger partial charge in [0.1, 0.15) is 0 Å². The van der Waals surface area contributed by atoms with E-state index in [4.69, 9.17) is 16.3 Å². The minimum atomic E-state index is -0.583. The SMILES string of the molecule is CCOC(=O)c1nnc(Cl)nc1Nc1ccc(C2CCN(C3CC3)CC2)cc1. The Morgan fingerprint density at radius 3 is 2.54 bits per heavy atom. The zero-order valence-electron chi connectivity index (χ0n) is 15.9. The number of nitrogens with zero attached hydrogens (tertiary/aromatic N) is 4. The van der Waals surface area contributed by atoms with E-state index >= 15 is 0 Å². The molecule has 1 aromatic heterocycles. The zero-order chi connectivity index (χ0) is 19.5. The van der Waals surface area contributed by atoms with Crippen LogP contribution in [0.5, 0.6) is 0 Å². The quantitative estimate of drug-likeness (QED) is 0.737. The second kappa shape index (κ2) is 8.41. The highest BCUT2D eigenvalue weighted by molar-refractivity contribution is 6.28. The second-order valence-corrected chi connectivity index (χ2v) is 7.63. The maximum absolute atomic E-state index is 12.1. The number of esters is 1. The van der Waals surface area contributed by atoms with E-state index in [0.717, 1.165) is 11.7 Å². The molecule has 0 spiro atoms. The third-order valence-corrected chi connectivity index (χ3v) is 5.53. The van der Waals surface area contributed by atoms with Gasteiger partial charge in [-0.3, -0.25) is 0 Å². The summed E-state index contributed by atoms with van der Waals surface area (Å²) in [5, 5.41) is 10.5. The number of aromatic nitrogens is 3. The van der Waals surface area contributed by atoms with Crippen molar-refractivity contribution in [2.24, 2.45) is 0 Å². The molecule has 0 amide bonds. The van der Waals surface area contributed by atoms with Gasteiger partial charge in [-0.1, -0.05) is 12.1 Å². The molecule has 2 aromatic rings. The van der Waals surface area contributed by atoms with Crippen LogP contribution in [-0.4, -0.2) is 51.8 Å². The third kappa shape index (κ3) is 4.42. The van der Waals surface area contributed by atoms with Gasteiger partial charge in [0.25, 0.3) is 0 Å². The minimum absolute atomic E-state index is 0.0165. The molecule has 0 radical (unpaired) electrons. The third-order valence-electron chi connectivity index (χ3n) is 5.37. The fourth-order valence-electron chi connectivity index (χ4n) is 3.74. The van der Waals surface area contributed by atoms with Gasteiger partial charge < -0.3 is 15.0 Å². The summed E-state index contributed by atoms with van der Waals surface area (Å²) in [7, 11) is 0. The predicted molar refractivity (Wildman–Crippen MR) is 107 cm³/mol. The van der Waals surface area contributed by atoms with Gasteiger partial charge in [-0.05, 0) is 80.9 Å². The molecule has 2 fully saturated rings. The Morgan fingerprint density at radius 2 is 1.89 bits per heavy atom. The molecule has 2 aliphatic rings. The van der Waals surface area contributed by atoms with Crippen molar-refractivity contribution in [2.45, 2.75) is 44.6 Å². The normalized spacial score (nSPS) is 18.1. The Balaban J connectivity index is 1.43. The highest BCUT2D eigenvalue weighted by atomic mass is 35.5. The number of rotatable bonds is 6. The molecule has 28 heavy (non-hydrogen) atoms. The van der Waals surface area contributed by atoms with Crippen molar-refractivity contribution in [1.82, 2.24) is 20.1 Å². The van der Waals surface area contributed by atoms with Crippen LogP contribution in [0.15, 0.2) is 24.3 Å². The molecule has 1 aliphatic carbocycles. The van der Waals surface area contributed by atoms with E-state index in [1.807, 2.05) is 12.1 Å². The van der Waals surface area contributed by atoms with Crippen LogP contribution in [0.2, 0.25) is 5.28 Å². The molecule has 148 valence electrons. The molecule has 4 rings (SSSR count). The minimum Gasteiger partial charge on any atom is -0.461 e. The number of hydrogen-bond donors (Lipinski definition) is 1. The lowest BCUT2D eigenvalue weighted by Crippen LogP contribution is -2.34. The summed E-state index contributed by atoms with van der Waals surface area (Å²) in [4.78, 5) is 18.8. The van der Waals surface area contributed by atoms with Crippen LogP contribution in [0.3, 0.4) is 0 Å². The Labute approximate surface area is 169 Å². The van der Waals surface area contributed by atoms with Crippen LogP contribution in [0, 0.1) is 0 Å². The summed E-state index contributed by atoms with van der Waals surface area (Å²) in [5.41, 5.74) is 2.18. The van der Waals surface area contributed by atoms with Gasteiger partial charge >= 0.3 is 5.97 Å². The van der Waals surface area contributed by atoms with Crippen molar-refractivity contribution < 1.29 is 9.53 Å². The van der Waals surface area contributed by atoms with E-state index in [0.29, 0.717) is 5.92 Å². The predicted octanol–water partition coefficient (Wildman–Crippen LogP) is 3.79. The van der Waals surface area contributed by atoms with E-state index in [1.165, 1.54) is 44.3 Å². The van der Waals surface area contributed by atoms with Crippen molar-refractivity contribution in [1.29, 1.82) is 0 Å². The molecule has 8 heteroatoms. The molecular weight excluding hydrogens is 378 g/mol. The lowest BCUT2D eigenvalue weighted by Gasteiger charge is -2.32. The number of benzene rings is 1. The van der Waals surface area contributed by atoms with Gasteiger partial charge in [0.15, 0.2) is 5.82 Å². The fraction of sp³-hybridized carbons (Fsp3) is 0.500. The van der Waals surface area contributed by atoms with E-state index in [-0.39, 0.29) is 23.4 Å². The maximum Gasteiger partial charge on any atom is 0.362 e. The van der Waals surface area contributed by atoms with Crippen molar-refractivity contribution in [3.63, 3.8) is 0 Å². The zero-order valence-corrected chi connectivity index (χ0v) is 16.7. The Morgan fingerprint density at radius 1 is 1.18 bits per heavy atom. The molecule has 1 saturated carbocycles. The van der Waals surface area contributed by atoms with Crippen molar-refractivity contribution >= 4 is 29.1 Å². The van der Waals surface area contributed by atoms with Gasteiger partial charge in [-0.25, -0.2) is 4.79 Å². The van der Waals surface area contributed by atoms with Crippen LogP contribution in [-0.2, 0) is 4.74 Å². The number of hydrogen-bond acceptors (Lipinski definition) is 7. The molecular formula is C20H24ClN5O2. The highest BCUT2D eigenvalue weighted by Crippen LogP contribution is 2.35. The van der Waals surface area contributed by atoms with Crippen molar-refractivity contribution in [3.8, 4) is 0 Å². The molecule has 1 N–H and O–H groups in total. The average Bonchev–Trinajstić information content (AvgIpc) is 3.54. The number of likely N-dealkylation sites (tertiary alicyclic amines) is 1. The van der Waals surface area contributed by atoms with Crippen LogP contribution in [0.25, 0.3) is 0 Å². The van der Waals surface area contributed by atoms with Gasteiger partial charge in [0, 0.05) is 11.7 Å². The summed E-state index contributed by atoms with van der Waals surface area (Å²) < 4.78 is 5.01. The maximum atomic E-state index is 12.1. The summed E-state index contributed by atoms with van der Waals surface area (Å²) in [6.07, 6.45) is 5.17. The molecule has 2 heterocycles. The summed E-state index contributed by atoms with van der Waals surface area (Å²) in [5.74, 6) is 0.263. The molecule has 1 aliphatic heterocycles. The first-order valence-corrected chi connectivity index (χ1v) is 10.2. The average molecular weight is 402 g/mol. The first-order valence-electron chi connectivity index (χ1n) is 9.82. The molecule has 1 aromatic carbocycles. The van der Waals surface area contributed by atoms with Crippen LogP contribution in [0.1, 0.15) is 54.6 Å². The number of ether oxygens (including phenoxy) is 1. The van der Waals surface area contributed by atoms with Crippen LogP contribution < -0.4 is 5.32 Å². The molecule has 0 unspecified atom stereocenters. The van der Waals surface area contributed by atoms with Crippen molar-refractivity contribution in [3.05, 3.63) is 40.8 Å². The molecule has 7 nitrogen and oxygen atoms in total. The fourth-order valence-corrected chi connectivity index (χ4v) is 3.87. The first-order chi connectivity index (χ1) is 13.6. The van der Waals surface area contributed by atoms with Crippen LogP contribution in [0.4, 0.5) is 11.5 Å².